The number of hydrogen-bond acceptors (Lipinski definition) is 4. The van der Waals surface area contributed by atoms with Crippen molar-refractivity contribution in [2.45, 2.75) is 64.0 Å². The molecule has 1 rings (SSSR count). The summed E-state index contributed by atoms with van der Waals surface area (Å²) in [5.74, 6) is -0.126. The highest BCUT2D eigenvalue weighted by molar-refractivity contribution is 6.74. The van der Waals surface area contributed by atoms with Gasteiger partial charge in [-0.3, -0.25) is 4.79 Å². The van der Waals surface area contributed by atoms with Crippen molar-refractivity contribution < 1.29 is 14.0 Å². The molecule has 0 spiro atoms. The zero-order valence-electron chi connectivity index (χ0n) is 11.9. The van der Waals surface area contributed by atoms with Crippen LogP contribution in [-0.4, -0.2) is 32.9 Å². The summed E-state index contributed by atoms with van der Waals surface area (Å²) in [7, 11) is -1.81. The summed E-state index contributed by atoms with van der Waals surface area (Å²) in [4.78, 5) is 11.6. The first kappa shape index (κ1) is 15.4. The maximum atomic E-state index is 11.6. The molecule has 1 heterocycles. The van der Waals surface area contributed by atoms with Crippen molar-refractivity contribution in [3.8, 4) is 6.07 Å². The molecule has 0 unspecified atom stereocenters. The molecule has 0 aliphatic carbocycles. The summed E-state index contributed by atoms with van der Waals surface area (Å²) in [6, 6.07) is 1.87. The lowest BCUT2D eigenvalue weighted by atomic mass is 10.1. The molecule has 5 heteroatoms. The topological polar surface area (TPSA) is 59.3 Å². The van der Waals surface area contributed by atoms with E-state index in [1.807, 2.05) is 6.07 Å². The van der Waals surface area contributed by atoms with E-state index in [-0.39, 0.29) is 23.3 Å². The van der Waals surface area contributed by atoms with Crippen LogP contribution in [0.5, 0.6) is 0 Å². The van der Waals surface area contributed by atoms with Crippen LogP contribution in [0.15, 0.2) is 0 Å². The van der Waals surface area contributed by atoms with E-state index in [0.717, 1.165) is 0 Å². The monoisotopic (exact) mass is 269 g/mol. The maximum absolute atomic E-state index is 11.6. The van der Waals surface area contributed by atoms with Crippen LogP contribution < -0.4 is 0 Å². The quantitative estimate of drug-likeness (QED) is 0.736. The summed E-state index contributed by atoms with van der Waals surface area (Å²) in [6.07, 6.45) is 0.0720. The van der Waals surface area contributed by atoms with E-state index in [9.17, 15) is 4.79 Å². The fourth-order valence-corrected chi connectivity index (χ4v) is 3.04. The first-order valence-electron chi connectivity index (χ1n) is 6.36. The van der Waals surface area contributed by atoms with Crippen molar-refractivity contribution in [3.63, 3.8) is 0 Å². The molecule has 0 radical (unpaired) electrons. The number of nitriles is 1. The fourth-order valence-electron chi connectivity index (χ4n) is 1.69. The number of ketones is 1. The molecule has 4 nitrogen and oxygen atoms in total. The normalized spacial score (nSPS) is 24.9. The summed E-state index contributed by atoms with van der Waals surface area (Å²) in [5.41, 5.74) is 0. The lowest BCUT2D eigenvalue weighted by Crippen LogP contribution is -2.44. The van der Waals surface area contributed by atoms with Crippen LogP contribution in [0.2, 0.25) is 18.1 Å². The Labute approximate surface area is 110 Å². The van der Waals surface area contributed by atoms with E-state index in [1.54, 1.807) is 0 Å². The fraction of sp³-hybridized carbons (Fsp3) is 0.846. The predicted molar refractivity (Wildman–Crippen MR) is 71.7 cm³/mol. The minimum absolute atomic E-state index is 0.00136. The minimum Gasteiger partial charge on any atom is -0.411 e. The van der Waals surface area contributed by atoms with Crippen molar-refractivity contribution in [2.75, 3.05) is 6.61 Å². The van der Waals surface area contributed by atoms with Crippen molar-refractivity contribution in [1.82, 2.24) is 0 Å². The van der Waals surface area contributed by atoms with E-state index in [2.05, 4.69) is 33.9 Å². The molecule has 0 bridgehead atoms. The molecule has 0 aromatic rings. The van der Waals surface area contributed by atoms with Crippen LogP contribution in [0, 0.1) is 11.3 Å². The first-order valence-corrected chi connectivity index (χ1v) is 9.27. The lowest BCUT2D eigenvalue weighted by molar-refractivity contribution is -0.126. The Bertz CT molecular complexity index is 354. The summed E-state index contributed by atoms with van der Waals surface area (Å²) in [6.45, 7) is 11.4. The smallest absolute Gasteiger partial charge is 0.192 e. The molecule has 0 amide bonds. The number of hydrogen-bond donors (Lipinski definition) is 0. The highest BCUT2D eigenvalue weighted by atomic mass is 28.4. The zero-order chi connectivity index (χ0) is 14.0. The van der Waals surface area contributed by atoms with E-state index in [4.69, 9.17) is 14.4 Å². The predicted octanol–water partition coefficient (Wildman–Crippen LogP) is 2.65. The molecular formula is C13H23NO3Si. The largest absolute Gasteiger partial charge is 0.411 e. The Hall–Kier alpha value is -0.703. The second kappa shape index (κ2) is 5.51. The number of rotatable bonds is 4. The molecule has 0 aromatic heterocycles. The molecular weight excluding hydrogens is 246 g/mol. The van der Waals surface area contributed by atoms with Gasteiger partial charge in [0.1, 0.15) is 6.10 Å². The summed E-state index contributed by atoms with van der Waals surface area (Å²) < 4.78 is 11.6. The molecule has 1 fully saturated rings. The van der Waals surface area contributed by atoms with Gasteiger partial charge in [0, 0.05) is 6.42 Å². The Morgan fingerprint density at radius 3 is 2.61 bits per heavy atom. The van der Waals surface area contributed by atoms with Gasteiger partial charge in [0.05, 0.1) is 25.2 Å². The van der Waals surface area contributed by atoms with E-state index < -0.39 is 14.4 Å². The Balaban J connectivity index is 2.54. The van der Waals surface area contributed by atoms with Crippen LogP contribution in [0.1, 0.15) is 33.6 Å². The third-order valence-corrected chi connectivity index (χ3v) is 8.38. The third kappa shape index (κ3) is 3.64. The Morgan fingerprint density at radius 1 is 1.50 bits per heavy atom. The third-order valence-electron chi connectivity index (χ3n) is 3.84. The average Bonchev–Trinajstić information content (AvgIpc) is 2.64. The van der Waals surface area contributed by atoms with Gasteiger partial charge in [-0.25, -0.2) is 0 Å². The van der Waals surface area contributed by atoms with Crippen molar-refractivity contribution in [3.05, 3.63) is 0 Å². The van der Waals surface area contributed by atoms with Crippen molar-refractivity contribution >= 4 is 14.1 Å². The average molecular weight is 269 g/mol. The summed E-state index contributed by atoms with van der Waals surface area (Å²) in [5, 5.41) is 8.66. The van der Waals surface area contributed by atoms with Gasteiger partial charge in [0.2, 0.25) is 0 Å². The molecule has 102 valence electrons. The second-order valence-electron chi connectivity index (χ2n) is 6.36. The summed E-state index contributed by atoms with van der Waals surface area (Å²) >= 11 is 0. The lowest BCUT2D eigenvalue weighted by Gasteiger charge is -2.38. The molecule has 0 saturated carbocycles. The highest BCUT2D eigenvalue weighted by Crippen LogP contribution is 2.38. The molecule has 2 atom stereocenters. The molecule has 1 aliphatic rings. The SMILES string of the molecule is CC(C)(C)[Si](C)(C)O[C@H]1CO[C@@H](C(=O)CC#N)C1. The van der Waals surface area contributed by atoms with Gasteiger partial charge in [0.25, 0.3) is 0 Å². The van der Waals surface area contributed by atoms with Gasteiger partial charge in [-0.2, -0.15) is 5.26 Å². The van der Waals surface area contributed by atoms with Crippen molar-refractivity contribution in [2.24, 2.45) is 0 Å². The van der Waals surface area contributed by atoms with Gasteiger partial charge >= 0.3 is 0 Å². The molecule has 1 aliphatic heterocycles. The molecule has 1 saturated heterocycles. The molecule has 18 heavy (non-hydrogen) atoms. The van der Waals surface area contributed by atoms with Gasteiger partial charge < -0.3 is 9.16 Å². The molecule has 0 N–H and O–H groups in total. The van der Waals surface area contributed by atoms with Crippen LogP contribution in [0.25, 0.3) is 0 Å². The van der Waals surface area contributed by atoms with Crippen LogP contribution in [-0.2, 0) is 14.0 Å². The van der Waals surface area contributed by atoms with E-state index >= 15 is 0 Å². The first-order chi connectivity index (χ1) is 8.17. The standard InChI is InChI=1S/C13H23NO3Si/c1-13(2,3)18(4,5)17-10-8-12(16-9-10)11(15)6-7-14/h10,12H,6,8-9H2,1-5H3/t10-,12-/m1/s1. The molecule has 0 aromatic carbocycles. The van der Waals surface area contributed by atoms with Gasteiger partial charge in [-0.1, -0.05) is 20.8 Å². The van der Waals surface area contributed by atoms with E-state index in [1.165, 1.54) is 0 Å². The van der Waals surface area contributed by atoms with Gasteiger partial charge in [-0.05, 0) is 18.1 Å². The Kier molecular flexibility index (Phi) is 4.70. The zero-order valence-corrected chi connectivity index (χ0v) is 12.9. The number of nitrogens with zero attached hydrogens (tertiary/aromatic N) is 1. The highest BCUT2D eigenvalue weighted by Gasteiger charge is 2.41. The van der Waals surface area contributed by atoms with Gasteiger partial charge in [-0.15, -0.1) is 0 Å². The number of Topliss-reactive ketones (excluding diaryl/α,β-unsaturated/α-hetero) is 1. The van der Waals surface area contributed by atoms with E-state index in [0.29, 0.717) is 13.0 Å². The maximum Gasteiger partial charge on any atom is 0.192 e. The van der Waals surface area contributed by atoms with Crippen LogP contribution in [0.3, 0.4) is 0 Å². The number of carbonyl (C=O) groups is 1. The van der Waals surface area contributed by atoms with Gasteiger partial charge in [0.15, 0.2) is 14.1 Å². The number of carbonyl (C=O) groups excluding carboxylic acids is 1. The van der Waals surface area contributed by atoms with Crippen LogP contribution >= 0.6 is 0 Å². The number of ether oxygens (including phenoxy) is 1. The van der Waals surface area contributed by atoms with Crippen LogP contribution in [0.4, 0.5) is 0 Å². The van der Waals surface area contributed by atoms with Crippen molar-refractivity contribution in [1.29, 1.82) is 5.26 Å². The minimum atomic E-state index is -1.81. The Morgan fingerprint density at radius 2 is 2.11 bits per heavy atom. The second-order valence-corrected chi connectivity index (χ2v) is 11.1.